The molecule has 2 bridgehead atoms. The van der Waals surface area contributed by atoms with Gasteiger partial charge in [0.1, 0.15) is 11.6 Å². The molecule has 3 aliphatic rings. The number of benzene rings is 2. The van der Waals surface area contributed by atoms with Crippen molar-refractivity contribution in [1.29, 1.82) is 0 Å². The number of carbonyl (C=O) groups excluding carboxylic acids is 3. The van der Waals surface area contributed by atoms with Crippen LogP contribution >= 0.6 is 0 Å². The topological polar surface area (TPSA) is 108 Å². The standard InChI is InChI=1S/C27H31N3O5/c1-16-7-6-8-17(2)22(16)29-25(33)23-27-12-11-19(35-27)20(21(27)26(34)30(23)13-14-31)24(32)28-15-18-9-4-3-5-10-18/h3-10,19-21,23,31H,11-15H2,1-2H3,(H,28,32)(H,29,33)/t19-,20+,21-,23?,27?/m0/s1. The maximum Gasteiger partial charge on any atom is 0.250 e. The van der Waals surface area contributed by atoms with Crippen molar-refractivity contribution >= 4 is 23.4 Å². The van der Waals surface area contributed by atoms with E-state index in [9.17, 15) is 19.5 Å². The van der Waals surface area contributed by atoms with Crippen molar-refractivity contribution in [2.45, 2.75) is 51.0 Å². The molecule has 3 fully saturated rings. The molecule has 8 heteroatoms. The summed E-state index contributed by atoms with van der Waals surface area (Å²) in [6.07, 6.45) is 0.711. The normalized spacial score (nSPS) is 28.8. The van der Waals surface area contributed by atoms with Gasteiger partial charge in [-0.1, -0.05) is 48.5 Å². The van der Waals surface area contributed by atoms with Crippen molar-refractivity contribution in [2.24, 2.45) is 11.8 Å². The average molecular weight is 478 g/mol. The fourth-order valence-corrected chi connectivity index (χ4v) is 6.21. The quantitative estimate of drug-likeness (QED) is 0.565. The second-order valence-electron chi connectivity index (χ2n) is 9.77. The van der Waals surface area contributed by atoms with Crippen LogP contribution in [-0.4, -0.2) is 58.6 Å². The van der Waals surface area contributed by atoms with Crippen molar-refractivity contribution in [3.05, 3.63) is 65.2 Å². The number of rotatable bonds is 7. The Morgan fingerprint density at radius 1 is 1.09 bits per heavy atom. The number of aliphatic hydroxyl groups is 1. The third-order valence-corrected chi connectivity index (χ3v) is 7.73. The first-order chi connectivity index (χ1) is 16.9. The number of likely N-dealkylation sites (tertiary alicyclic amines) is 1. The van der Waals surface area contributed by atoms with Gasteiger partial charge in [0.15, 0.2) is 0 Å². The number of β-amino-alcohol motifs (C(OH)–C–C–N with tert-alkyl or cyclic N) is 1. The van der Waals surface area contributed by atoms with Crippen LogP contribution in [0.15, 0.2) is 48.5 Å². The van der Waals surface area contributed by atoms with Crippen LogP contribution in [0.3, 0.4) is 0 Å². The van der Waals surface area contributed by atoms with Gasteiger partial charge in [0, 0.05) is 18.8 Å². The highest BCUT2D eigenvalue weighted by molar-refractivity contribution is 6.04. The molecule has 35 heavy (non-hydrogen) atoms. The lowest BCUT2D eigenvalue weighted by molar-refractivity contribution is -0.141. The first kappa shape index (κ1) is 23.5. The lowest BCUT2D eigenvalue weighted by atomic mass is 9.70. The summed E-state index contributed by atoms with van der Waals surface area (Å²) in [4.78, 5) is 42.0. The Labute approximate surface area is 204 Å². The van der Waals surface area contributed by atoms with Gasteiger partial charge in [-0.2, -0.15) is 0 Å². The van der Waals surface area contributed by atoms with E-state index in [0.29, 0.717) is 25.1 Å². The highest BCUT2D eigenvalue weighted by Crippen LogP contribution is 2.58. The molecule has 184 valence electrons. The molecular weight excluding hydrogens is 446 g/mol. The molecule has 5 atom stereocenters. The molecule has 3 aliphatic heterocycles. The highest BCUT2D eigenvalue weighted by atomic mass is 16.5. The van der Waals surface area contributed by atoms with Crippen LogP contribution in [0.4, 0.5) is 5.69 Å². The van der Waals surface area contributed by atoms with Gasteiger partial charge in [-0.25, -0.2) is 0 Å². The molecule has 0 saturated carbocycles. The Balaban J connectivity index is 1.42. The predicted octanol–water partition coefficient (Wildman–Crippen LogP) is 1.93. The molecule has 3 saturated heterocycles. The number of amides is 3. The van der Waals surface area contributed by atoms with E-state index < -0.39 is 29.6 Å². The van der Waals surface area contributed by atoms with Crippen LogP contribution in [-0.2, 0) is 25.7 Å². The smallest absolute Gasteiger partial charge is 0.250 e. The Hall–Kier alpha value is -3.23. The molecular formula is C27H31N3O5. The lowest BCUT2D eigenvalue weighted by Gasteiger charge is -2.33. The van der Waals surface area contributed by atoms with E-state index in [1.54, 1.807) is 0 Å². The van der Waals surface area contributed by atoms with Crippen LogP contribution in [0.1, 0.15) is 29.5 Å². The minimum atomic E-state index is -1.08. The van der Waals surface area contributed by atoms with Gasteiger partial charge >= 0.3 is 0 Å². The van der Waals surface area contributed by atoms with Gasteiger partial charge in [-0.3, -0.25) is 14.4 Å². The zero-order valence-electron chi connectivity index (χ0n) is 20.0. The van der Waals surface area contributed by atoms with Crippen LogP contribution < -0.4 is 10.6 Å². The van der Waals surface area contributed by atoms with E-state index in [2.05, 4.69) is 10.6 Å². The van der Waals surface area contributed by atoms with E-state index in [4.69, 9.17) is 4.74 Å². The van der Waals surface area contributed by atoms with Gasteiger partial charge in [0.2, 0.25) is 17.7 Å². The van der Waals surface area contributed by atoms with Crippen LogP contribution in [0.25, 0.3) is 0 Å². The summed E-state index contributed by atoms with van der Waals surface area (Å²) in [7, 11) is 0. The van der Waals surface area contributed by atoms with Crippen molar-refractivity contribution in [3.63, 3.8) is 0 Å². The predicted molar refractivity (Wildman–Crippen MR) is 129 cm³/mol. The van der Waals surface area contributed by atoms with Crippen molar-refractivity contribution in [3.8, 4) is 0 Å². The number of hydrogen-bond donors (Lipinski definition) is 3. The number of carbonyl (C=O) groups is 3. The summed E-state index contributed by atoms with van der Waals surface area (Å²) in [6.45, 7) is 3.91. The molecule has 0 aliphatic carbocycles. The molecule has 2 aromatic rings. The SMILES string of the molecule is Cc1cccc(C)c1NC(=O)C1N(CCO)C(=O)[C@@H]2[C@H](C(=O)NCc3ccccc3)[C@@H]3CCC12O3. The number of ether oxygens (including phenoxy) is 1. The van der Waals surface area contributed by atoms with E-state index in [1.807, 2.05) is 62.4 Å². The van der Waals surface area contributed by atoms with E-state index >= 15 is 0 Å². The Morgan fingerprint density at radius 3 is 2.49 bits per heavy atom. The summed E-state index contributed by atoms with van der Waals surface area (Å²) < 4.78 is 6.38. The maximum atomic E-state index is 13.7. The van der Waals surface area contributed by atoms with Gasteiger partial charge in [-0.05, 0) is 43.4 Å². The average Bonchev–Trinajstić information content (AvgIpc) is 3.48. The number of nitrogens with one attached hydrogen (secondary N) is 2. The summed E-state index contributed by atoms with van der Waals surface area (Å²) in [5.74, 6) is -2.31. The first-order valence-electron chi connectivity index (χ1n) is 12.2. The van der Waals surface area contributed by atoms with Crippen molar-refractivity contribution in [1.82, 2.24) is 10.2 Å². The minimum absolute atomic E-state index is 0.00824. The maximum absolute atomic E-state index is 13.7. The van der Waals surface area contributed by atoms with Crippen LogP contribution in [0.5, 0.6) is 0 Å². The van der Waals surface area contributed by atoms with Crippen LogP contribution in [0, 0.1) is 25.7 Å². The highest BCUT2D eigenvalue weighted by Gasteiger charge is 2.74. The number of hydrogen-bond acceptors (Lipinski definition) is 5. The van der Waals surface area contributed by atoms with Crippen molar-refractivity contribution < 1.29 is 24.2 Å². The molecule has 0 aromatic heterocycles. The first-order valence-corrected chi connectivity index (χ1v) is 12.2. The zero-order chi connectivity index (χ0) is 24.7. The zero-order valence-corrected chi connectivity index (χ0v) is 20.0. The number of para-hydroxylation sites is 1. The fraction of sp³-hybridized carbons (Fsp3) is 0.444. The number of anilines is 1. The number of aryl methyl sites for hydroxylation is 2. The molecule has 3 N–H and O–H groups in total. The summed E-state index contributed by atoms with van der Waals surface area (Å²) in [6, 6.07) is 14.4. The Bertz CT molecular complexity index is 1130. The van der Waals surface area contributed by atoms with Gasteiger partial charge in [0.25, 0.3) is 0 Å². The minimum Gasteiger partial charge on any atom is -0.395 e. The number of aliphatic hydroxyl groups excluding tert-OH is 1. The van der Waals surface area contributed by atoms with E-state index in [0.717, 1.165) is 16.7 Å². The molecule has 0 radical (unpaired) electrons. The number of fused-ring (bicyclic) bond motifs is 1. The third-order valence-electron chi connectivity index (χ3n) is 7.73. The molecule has 2 unspecified atom stereocenters. The van der Waals surface area contributed by atoms with Gasteiger partial charge in [0.05, 0.1) is 24.5 Å². The Kier molecular flexibility index (Phi) is 6.11. The molecule has 5 rings (SSSR count). The Morgan fingerprint density at radius 2 is 1.80 bits per heavy atom. The molecule has 3 heterocycles. The lowest BCUT2D eigenvalue weighted by Crippen LogP contribution is -2.54. The second-order valence-corrected chi connectivity index (χ2v) is 9.77. The van der Waals surface area contributed by atoms with Crippen molar-refractivity contribution in [2.75, 3.05) is 18.5 Å². The van der Waals surface area contributed by atoms with Gasteiger partial charge < -0.3 is 25.4 Å². The molecule has 8 nitrogen and oxygen atoms in total. The molecule has 3 amide bonds. The molecule has 1 spiro atoms. The monoisotopic (exact) mass is 477 g/mol. The van der Waals surface area contributed by atoms with Gasteiger partial charge in [-0.15, -0.1) is 0 Å². The van der Waals surface area contributed by atoms with E-state index in [1.165, 1.54) is 4.90 Å². The summed E-state index contributed by atoms with van der Waals surface area (Å²) in [5.41, 5.74) is 2.43. The van der Waals surface area contributed by atoms with Crippen LogP contribution in [0.2, 0.25) is 0 Å². The van der Waals surface area contributed by atoms with E-state index in [-0.39, 0.29) is 30.9 Å². The largest absolute Gasteiger partial charge is 0.395 e. The third kappa shape index (κ3) is 3.81. The molecule has 2 aromatic carbocycles. The fourth-order valence-electron chi connectivity index (χ4n) is 6.21. The summed E-state index contributed by atoms with van der Waals surface area (Å²) in [5, 5.41) is 15.7. The number of nitrogens with zero attached hydrogens (tertiary/aromatic N) is 1. The second kappa shape index (κ2) is 9.09. The summed E-state index contributed by atoms with van der Waals surface area (Å²) >= 11 is 0.